The van der Waals surface area contributed by atoms with Crippen molar-refractivity contribution in [1.82, 2.24) is 0 Å². The maximum absolute atomic E-state index is 2.50. The number of rotatable bonds is 5. The van der Waals surface area contributed by atoms with E-state index in [9.17, 15) is 0 Å². The van der Waals surface area contributed by atoms with Gasteiger partial charge in [0.1, 0.15) is 0 Å². The zero-order chi connectivity index (χ0) is 13.2. The van der Waals surface area contributed by atoms with Crippen molar-refractivity contribution in [1.29, 1.82) is 0 Å². The van der Waals surface area contributed by atoms with Crippen LogP contribution >= 0.6 is 10.0 Å². The molecule has 0 aromatic heterocycles. The van der Waals surface area contributed by atoms with E-state index >= 15 is 0 Å². The third-order valence-corrected chi connectivity index (χ3v) is 10.3. The van der Waals surface area contributed by atoms with Crippen molar-refractivity contribution in [3.8, 4) is 0 Å². The van der Waals surface area contributed by atoms with Crippen molar-refractivity contribution >= 4 is 10.0 Å². The molecule has 0 N–H and O–H groups in total. The van der Waals surface area contributed by atoms with Gasteiger partial charge < -0.3 is 0 Å². The molecule has 0 spiro atoms. The number of fused-ring (bicyclic) bond motifs is 1. The highest BCUT2D eigenvalue weighted by Crippen LogP contribution is 2.54. The molecule has 4 atom stereocenters. The van der Waals surface area contributed by atoms with Crippen molar-refractivity contribution in [3.63, 3.8) is 0 Å². The first-order chi connectivity index (χ1) is 8.65. The molecule has 0 bridgehead atoms. The van der Waals surface area contributed by atoms with E-state index in [1.165, 1.54) is 29.4 Å². The predicted molar refractivity (Wildman–Crippen MR) is 86.6 cm³/mol. The second kappa shape index (κ2) is 5.86. The lowest BCUT2D eigenvalue weighted by Gasteiger charge is -2.41. The van der Waals surface area contributed by atoms with Gasteiger partial charge in [0.2, 0.25) is 0 Å². The van der Waals surface area contributed by atoms with Gasteiger partial charge in [-0.15, -0.1) is 0 Å². The smallest absolute Gasteiger partial charge is 0.0129 e. The Bertz CT molecular complexity index is 316. The van der Waals surface area contributed by atoms with Gasteiger partial charge in [0, 0.05) is 0 Å². The molecule has 2 aliphatic carbocycles. The van der Waals surface area contributed by atoms with E-state index in [1.54, 1.807) is 0 Å². The summed E-state index contributed by atoms with van der Waals surface area (Å²) >= 11 is 0. The van der Waals surface area contributed by atoms with Crippen molar-refractivity contribution in [3.05, 3.63) is 24.3 Å². The molecule has 1 fully saturated rings. The first-order valence-electron chi connectivity index (χ1n) is 7.74. The van der Waals surface area contributed by atoms with E-state index in [4.69, 9.17) is 0 Å². The Kier molecular flexibility index (Phi) is 4.64. The number of allylic oxidation sites excluding steroid dienone is 4. The molecule has 0 heterocycles. The van der Waals surface area contributed by atoms with Gasteiger partial charge in [0.05, 0.1) is 0 Å². The van der Waals surface area contributed by atoms with Gasteiger partial charge in [-0.25, -0.2) is 10.0 Å². The maximum Gasteiger partial charge on any atom is -0.0129 e. The maximum atomic E-state index is 2.50. The van der Waals surface area contributed by atoms with E-state index in [0.717, 1.165) is 23.7 Å². The highest BCUT2D eigenvalue weighted by atomic mass is 32.3. The standard InChI is InChI=1S/C17H30S/c1-5-18(6-2,7-3)13-15-12-14(4)16-10-8-9-11-17(15)16/h8-11,14-17H,5-7,12-13H2,1-4H3. The molecule has 1 saturated carbocycles. The first kappa shape index (κ1) is 14.2. The summed E-state index contributed by atoms with van der Waals surface area (Å²) in [5.41, 5.74) is 0. The van der Waals surface area contributed by atoms with Gasteiger partial charge in [-0.05, 0) is 53.1 Å². The minimum absolute atomic E-state index is 0.326. The quantitative estimate of drug-likeness (QED) is 0.666. The molecule has 4 unspecified atom stereocenters. The summed E-state index contributed by atoms with van der Waals surface area (Å²) in [6, 6.07) is 0. The Hall–Kier alpha value is -0.170. The molecular weight excluding hydrogens is 236 g/mol. The molecule has 0 aliphatic heterocycles. The average molecular weight is 266 g/mol. The molecule has 0 radical (unpaired) electrons. The summed E-state index contributed by atoms with van der Waals surface area (Å²) in [5, 5.41) is 0. The highest BCUT2D eigenvalue weighted by molar-refractivity contribution is 8.33. The largest absolute Gasteiger partial charge is 0.241 e. The van der Waals surface area contributed by atoms with Crippen LogP contribution in [0.5, 0.6) is 0 Å². The Morgan fingerprint density at radius 1 is 0.944 bits per heavy atom. The normalized spacial score (nSPS) is 35.8. The third kappa shape index (κ3) is 2.57. The Morgan fingerprint density at radius 3 is 2.06 bits per heavy atom. The van der Waals surface area contributed by atoms with Gasteiger partial charge in [0.25, 0.3) is 0 Å². The van der Waals surface area contributed by atoms with Crippen molar-refractivity contribution in [2.45, 2.75) is 34.1 Å². The van der Waals surface area contributed by atoms with E-state index in [0.29, 0.717) is 0 Å². The van der Waals surface area contributed by atoms with Crippen molar-refractivity contribution in [2.75, 3.05) is 23.0 Å². The summed E-state index contributed by atoms with van der Waals surface area (Å²) in [4.78, 5) is 0. The van der Waals surface area contributed by atoms with Crippen LogP contribution in [0.3, 0.4) is 0 Å². The van der Waals surface area contributed by atoms with Crippen LogP contribution in [0.15, 0.2) is 24.3 Å². The van der Waals surface area contributed by atoms with Crippen LogP contribution in [-0.4, -0.2) is 23.0 Å². The molecule has 0 aromatic rings. The van der Waals surface area contributed by atoms with Crippen LogP contribution in [0.25, 0.3) is 0 Å². The van der Waals surface area contributed by atoms with Crippen LogP contribution in [0.4, 0.5) is 0 Å². The van der Waals surface area contributed by atoms with Crippen LogP contribution in [0.2, 0.25) is 0 Å². The van der Waals surface area contributed by atoms with Gasteiger partial charge in [0.15, 0.2) is 0 Å². The summed E-state index contributed by atoms with van der Waals surface area (Å²) in [6.45, 7) is 9.74. The van der Waals surface area contributed by atoms with E-state index < -0.39 is 0 Å². The number of hydrogen-bond donors (Lipinski definition) is 0. The summed E-state index contributed by atoms with van der Waals surface area (Å²) < 4.78 is 0. The lowest BCUT2D eigenvalue weighted by molar-refractivity contribution is 0.429. The zero-order valence-electron chi connectivity index (χ0n) is 12.6. The molecule has 0 aromatic carbocycles. The van der Waals surface area contributed by atoms with Crippen LogP contribution in [0.1, 0.15) is 34.1 Å². The average Bonchev–Trinajstić information content (AvgIpc) is 2.73. The molecule has 0 saturated heterocycles. The molecular formula is C17H30S. The highest BCUT2D eigenvalue weighted by Gasteiger charge is 2.40. The number of hydrogen-bond acceptors (Lipinski definition) is 0. The van der Waals surface area contributed by atoms with Gasteiger partial charge in [-0.3, -0.25) is 0 Å². The molecule has 1 heteroatoms. The van der Waals surface area contributed by atoms with Gasteiger partial charge in [-0.2, -0.15) is 0 Å². The molecule has 0 amide bonds. The first-order valence-corrected chi connectivity index (χ1v) is 10.1. The molecule has 2 rings (SSSR count). The van der Waals surface area contributed by atoms with Crippen molar-refractivity contribution in [2.24, 2.45) is 23.7 Å². The minimum Gasteiger partial charge on any atom is -0.241 e. The van der Waals surface area contributed by atoms with Crippen LogP contribution < -0.4 is 0 Å². The lowest BCUT2D eigenvalue weighted by Crippen LogP contribution is -2.23. The molecule has 104 valence electrons. The van der Waals surface area contributed by atoms with Crippen molar-refractivity contribution < 1.29 is 0 Å². The zero-order valence-corrected chi connectivity index (χ0v) is 13.4. The summed E-state index contributed by atoms with van der Waals surface area (Å²) in [7, 11) is -0.326. The topological polar surface area (TPSA) is 0 Å². The molecule has 2 aliphatic rings. The molecule has 18 heavy (non-hydrogen) atoms. The third-order valence-electron chi connectivity index (χ3n) is 5.50. The Morgan fingerprint density at radius 2 is 1.50 bits per heavy atom. The summed E-state index contributed by atoms with van der Waals surface area (Å²) in [5.74, 6) is 9.36. The van der Waals surface area contributed by atoms with Gasteiger partial charge >= 0.3 is 0 Å². The fourth-order valence-electron chi connectivity index (χ4n) is 4.07. The minimum atomic E-state index is -0.326. The van der Waals surface area contributed by atoms with E-state index in [-0.39, 0.29) is 10.0 Å². The fourth-order valence-corrected chi connectivity index (χ4v) is 7.27. The van der Waals surface area contributed by atoms with Crippen LogP contribution in [0, 0.1) is 23.7 Å². The summed E-state index contributed by atoms with van der Waals surface area (Å²) in [6.07, 6.45) is 11.0. The Labute approximate surface area is 115 Å². The van der Waals surface area contributed by atoms with Gasteiger partial charge in [-0.1, -0.05) is 52.0 Å². The monoisotopic (exact) mass is 266 g/mol. The predicted octanol–water partition coefficient (Wildman–Crippen LogP) is 4.87. The SMILES string of the molecule is CCS(CC)(CC)CC1CC(C)C2C=CC=CC12. The lowest BCUT2D eigenvalue weighted by atomic mass is 9.85. The van der Waals surface area contributed by atoms with Crippen LogP contribution in [-0.2, 0) is 0 Å². The molecule has 0 nitrogen and oxygen atoms in total. The van der Waals surface area contributed by atoms with E-state index in [2.05, 4.69) is 52.0 Å². The fraction of sp³-hybridized carbons (Fsp3) is 0.765. The second-order valence-electron chi connectivity index (χ2n) is 6.16. The Balaban J connectivity index is 2.10. The van der Waals surface area contributed by atoms with E-state index in [1.807, 2.05) is 0 Å². The second-order valence-corrected chi connectivity index (χ2v) is 10.7.